The second kappa shape index (κ2) is 10.2. The van der Waals surface area contributed by atoms with Crippen LogP contribution >= 0.6 is 23.6 Å². The van der Waals surface area contributed by atoms with E-state index in [2.05, 4.69) is 70.9 Å². The minimum atomic E-state index is -0.0588. The van der Waals surface area contributed by atoms with Crippen LogP contribution in [-0.2, 0) is 13.1 Å². The summed E-state index contributed by atoms with van der Waals surface area (Å²) in [5.74, 6) is 0. The lowest BCUT2D eigenvalue weighted by Gasteiger charge is -2.26. The summed E-state index contributed by atoms with van der Waals surface area (Å²) < 4.78 is 0. The van der Waals surface area contributed by atoms with Gasteiger partial charge in [0.05, 0.1) is 6.54 Å². The fourth-order valence-corrected chi connectivity index (χ4v) is 4.24. The lowest BCUT2D eigenvalue weighted by atomic mass is 10.0. The van der Waals surface area contributed by atoms with Gasteiger partial charge >= 0.3 is 0 Å². The molecule has 30 heavy (non-hydrogen) atoms. The smallest absolute Gasteiger partial charge is 0.253 e. The van der Waals surface area contributed by atoms with E-state index in [1.54, 1.807) is 11.3 Å². The molecule has 0 aliphatic rings. The van der Waals surface area contributed by atoms with Gasteiger partial charge in [0.25, 0.3) is 5.56 Å². The maximum atomic E-state index is 12.8. The lowest BCUT2D eigenvalue weighted by Crippen LogP contribution is -2.40. The van der Waals surface area contributed by atoms with Crippen LogP contribution in [0.4, 0.5) is 0 Å². The van der Waals surface area contributed by atoms with E-state index >= 15 is 0 Å². The van der Waals surface area contributed by atoms with Gasteiger partial charge in [-0.05, 0) is 110 Å². The third kappa shape index (κ3) is 5.90. The van der Waals surface area contributed by atoms with Crippen molar-refractivity contribution in [1.82, 2.24) is 20.1 Å². The molecule has 160 valence electrons. The topological polar surface area (TPSA) is 51.4 Å². The predicted molar refractivity (Wildman–Crippen MR) is 131 cm³/mol. The highest BCUT2D eigenvalue weighted by molar-refractivity contribution is 7.80. The minimum Gasteiger partial charge on any atom is -0.363 e. The third-order valence-corrected chi connectivity index (χ3v) is 6.33. The molecule has 2 N–H and O–H groups in total. The normalized spacial score (nSPS) is 11.2. The highest BCUT2D eigenvalue weighted by Gasteiger charge is 2.14. The average Bonchev–Trinajstić information content (AvgIpc) is 3.19. The Balaban J connectivity index is 1.81. The molecule has 7 heteroatoms. The van der Waals surface area contributed by atoms with Crippen molar-refractivity contribution in [2.75, 3.05) is 27.2 Å². The summed E-state index contributed by atoms with van der Waals surface area (Å²) in [4.78, 5) is 20.1. The van der Waals surface area contributed by atoms with Crippen LogP contribution in [0.1, 0.15) is 28.7 Å². The van der Waals surface area contributed by atoms with Crippen molar-refractivity contribution in [2.45, 2.75) is 33.4 Å². The SMILES string of the molecule is Cc1cc2cc(CN(Cc3ccsc3)C(=S)NCCCN(C)C)c(=O)[nH]c2cc1C. The molecule has 0 fully saturated rings. The van der Waals surface area contributed by atoms with E-state index in [-0.39, 0.29) is 5.56 Å². The number of nitrogens with zero attached hydrogens (tertiary/aromatic N) is 2. The molecule has 1 aromatic carbocycles. The van der Waals surface area contributed by atoms with E-state index < -0.39 is 0 Å². The number of aryl methyl sites for hydroxylation is 2. The number of thiophene rings is 1. The Labute approximate surface area is 187 Å². The number of pyridine rings is 1. The van der Waals surface area contributed by atoms with Gasteiger partial charge in [-0.1, -0.05) is 0 Å². The van der Waals surface area contributed by atoms with Gasteiger partial charge in [-0.15, -0.1) is 0 Å². The van der Waals surface area contributed by atoms with Crippen molar-refractivity contribution < 1.29 is 0 Å². The summed E-state index contributed by atoms with van der Waals surface area (Å²) in [6.07, 6.45) is 1.01. The second-order valence-electron chi connectivity index (χ2n) is 8.02. The molecule has 3 aromatic rings. The van der Waals surface area contributed by atoms with Gasteiger partial charge in [0.2, 0.25) is 0 Å². The number of fused-ring (bicyclic) bond motifs is 1. The van der Waals surface area contributed by atoms with Crippen LogP contribution < -0.4 is 10.9 Å². The molecular formula is C23H30N4OS2. The highest BCUT2D eigenvalue weighted by Crippen LogP contribution is 2.18. The Bertz CT molecular complexity index is 1060. The maximum Gasteiger partial charge on any atom is 0.253 e. The number of nitrogens with one attached hydrogen (secondary N) is 2. The third-order valence-electron chi connectivity index (χ3n) is 5.20. The summed E-state index contributed by atoms with van der Waals surface area (Å²) >= 11 is 7.36. The van der Waals surface area contributed by atoms with Crippen molar-refractivity contribution in [3.05, 3.63) is 67.6 Å². The Morgan fingerprint density at radius 1 is 1.17 bits per heavy atom. The molecule has 0 unspecified atom stereocenters. The quantitative estimate of drug-likeness (QED) is 0.407. The van der Waals surface area contributed by atoms with Gasteiger partial charge in [0.1, 0.15) is 0 Å². The zero-order valence-electron chi connectivity index (χ0n) is 18.1. The average molecular weight is 443 g/mol. The molecule has 0 radical (unpaired) electrons. The van der Waals surface area contributed by atoms with Crippen LogP contribution in [-0.4, -0.2) is 47.1 Å². The van der Waals surface area contributed by atoms with Crippen LogP contribution in [0.3, 0.4) is 0 Å². The van der Waals surface area contributed by atoms with E-state index in [0.717, 1.165) is 36.0 Å². The number of thiocarbonyl (C=S) groups is 1. The number of hydrogen-bond donors (Lipinski definition) is 2. The Morgan fingerprint density at radius 2 is 1.93 bits per heavy atom. The first kappa shape index (κ1) is 22.5. The van der Waals surface area contributed by atoms with Gasteiger partial charge < -0.3 is 20.1 Å². The van der Waals surface area contributed by atoms with Gasteiger partial charge in [0, 0.05) is 24.2 Å². The Hall–Kier alpha value is -2.22. The number of aromatic amines is 1. The Morgan fingerprint density at radius 3 is 2.63 bits per heavy atom. The number of aromatic nitrogens is 1. The van der Waals surface area contributed by atoms with E-state index in [1.807, 2.05) is 12.1 Å². The van der Waals surface area contributed by atoms with Crippen molar-refractivity contribution in [1.29, 1.82) is 0 Å². The molecule has 0 bridgehead atoms. The first-order chi connectivity index (χ1) is 14.3. The van der Waals surface area contributed by atoms with Gasteiger partial charge in [0.15, 0.2) is 5.11 Å². The largest absolute Gasteiger partial charge is 0.363 e. The molecule has 0 aliphatic carbocycles. The summed E-state index contributed by atoms with van der Waals surface area (Å²) in [5.41, 5.74) is 5.12. The molecule has 2 heterocycles. The summed E-state index contributed by atoms with van der Waals surface area (Å²) in [6, 6.07) is 8.26. The fourth-order valence-electron chi connectivity index (χ4n) is 3.35. The first-order valence-corrected chi connectivity index (χ1v) is 11.5. The molecule has 0 atom stereocenters. The van der Waals surface area contributed by atoms with E-state index in [0.29, 0.717) is 18.2 Å². The summed E-state index contributed by atoms with van der Waals surface area (Å²) in [7, 11) is 4.13. The van der Waals surface area contributed by atoms with Crippen molar-refractivity contribution >= 4 is 39.6 Å². The van der Waals surface area contributed by atoms with Crippen LogP contribution in [0.25, 0.3) is 10.9 Å². The summed E-state index contributed by atoms with van der Waals surface area (Å²) in [6.45, 7) is 7.10. The lowest BCUT2D eigenvalue weighted by molar-refractivity contribution is 0.383. The molecule has 0 amide bonds. The zero-order chi connectivity index (χ0) is 21.7. The first-order valence-electron chi connectivity index (χ1n) is 10.1. The molecule has 0 aliphatic heterocycles. The number of H-pyrrole nitrogens is 1. The van der Waals surface area contributed by atoms with Crippen LogP contribution in [0, 0.1) is 13.8 Å². The van der Waals surface area contributed by atoms with E-state index in [9.17, 15) is 4.79 Å². The Kier molecular flexibility index (Phi) is 7.64. The van der Waals surface area contributed by atoms with Gasteiger partial charge in [-0.25, -0.2) is 0 Å². The van der Waals surface area contributed by atoms with Crippen molar-refractivity contribution in [3.63, 3.8) is 0 Å². The summed E-state index contributed by atoms with van der Waals surface area (Å²) in [5, 5.41) is 9.28. The maximum absolute atomic E-state index is 12.8. The van der Waals surface area contributed by atoms with Crippen molar-refractivity contribution in [3.8, 4) is 0 Å². The molecule has 0 saturated heterocycles. The number of hydrogen-bond acceptors (Lipinski definition) is 4. The standard InChI is InChI=1S/C23H30N4OS2/c1-16-10-19-12-20(22(28)25-21(19)11-17(16)2)14-27(13-18-6-9-30-15-18)23(29)24-7-5-8-26(3)4/h6,9-12,15H,5,7-8,13-14H2,1-4H3,(H,24,29)(H,25,28). The highest BCUT2D eigenvalue weighted by atomic mass is 32.1. The molecule has 3 rings (SSSR count). The zero-order valence-corrected chi connectivity index (χ0v) is 19.8. The number of benzene rings is 1. The molecule has 5 nitrogen and oxygen atoms in total. The fraction of sp³-hybridized carbons (Fsp3) is 0.391. The van der Waals surface area contributed by atoms with E-state index in [4.69, 9.17) is 12.2 Å². The predicted octanol–water partition coefficient (Wildman–Crippen LogP) is 4.03. The van der Waals surface area contributed by atoms with Crippen LogP contribution in [0.15, 0.2) is 39.8 Å². The van der Waals surface area contributed by atoms with Crippen LogP contribution in [0.2, 0.25) is 0 Å². The molecular weight excluding hydrogens is 412 g/mol. The van der Waals surface area contributed by atoms with E-state index in [1.165, 1.54) is 16.7 Å². The van der Waals surface area contributed by atoms with Crippen molar-refractivity contribution in [2.24, 2.45) is 0 Å². The van der Waals surface area contributed by atoms with Crippen LogP contribution in [0.5, 0.6) is 0 Å². The minimum absolute atomic E-state index is 0.0588. The molecule has 0 spiro atoms. The van der Waals surface area contributed by atoms with Gasteiger partial charge in [-0.2, -0.15) is 11.3 Å². The second-order valence-corrected chi connectivity index (χ2v) is 9.19. The van der Waals surface area contributed by atoms with Gasteiger partial charge in [-0.3, -0.25) is 4.79 Å². The molecule has 0 saturated carbocycles. The monoisotopic (exact) mass is 442 g/mol. The molecule has 2 aromatic heterocycles. The number of rotatable bonds is 8.